The number of amides is 1. The standard InChI is InChI=1S/C14H17NO4/c1-3-7-12(13(16)18-2)15-14(17)19-10-11-8-5-4-6-9-11/h3-9,12H,10H2,1-2H3,(H,15,17)/b7-3+. The first-order chi connectivity index (χ1) is 9.17. The van der Waals surface area contributed by atoms with E-state index < -0.39 is 18.1 Å². The Hall–Kier alpha value is -2.30. The van der Waals surface area contributed by atoms with E-state index in [1.54, 1.807) is 13.0 Å². The molecular formula is C14H17NO4. The average Bonchev–Trinajstić information content (AvgIpc) is 2.45. The van der Waals surface area contributed by atoms with Gasteiger partial charge >= 0.3 is 12.1 Å². The van der Waals surface area contributed by atoms with Crippen molar-refractivity contribution >= 4 is 12.1 Å². The van der Waals surface area contributed by atoms with Crippen molar-refractivity contribution < 1.29 is 19.1 Å². The highest BCUT2D eigenvalue weighted by molar-refractivity contribution is 5.83. The molecule has 5 heteroatoms. The molecule has 0 saturated carbocycles. The van der Waals surface area contributed by atoms with Crippen LogP contribution in [0.4, 0.5) is 4.79 Å². The second-order valence-corrected chi connectivity index (χ2v) is 3.73. The lowest BCUT2D eigenvalue weighted by Crippen LogP contribution is -2.40. The predicted molar refractivity (Wildman–Crippen MR) is 70.4 cm³/mol. The number of alkyl carbamates (subject to hydrolysis) is 1. The van der Waals surface area contributed by atoms with Crippen LogP contribution in [-0.4, -0.2) is 25.2 Å². The van der Waals surface area contributed by atoms with Gasteiger partial charge in [0.25, 0.3) is 0 Å². The zero-order chi connectivity index (χ0) is 14.1. The monoisotopic (exact) mass is 263 g/mol. The maximum atomic E-state index is 11.5. The summed E-state index contributed by atoms with van der Waals surface area (Å²) in [7, 11) is 1.26. The normalized spacial score (nSPS) is 11.9. The van der Waals surface area contributed by atoms with Crippen molar-refractivity contribution in [3.8, 4) is 0 Å². The van der Waals surface area contributed by atoms with E-state index in [9.17, 15) is 9.59 Å². The number of nitrogens with one attached hydrogen (secondary N) is 1. The first-order valence-electron chi connectivity index (χ1n) is 5.85. The molecule has 0 radical (unpaired) electrons. The van der Waals surface area contributed by atoms with Crippen LogP contribution in [-0.2, 0) is 20.9 Å². The molecule has 1 aromatic carbocycles. The van der Waals surface area contributed by atoms with Gasteiger partial charge in [-0.3, -0.25) is 0 Å². The number of hydrogen-bond acceptors (Lipinski definition) is 4. The molecule has 0 aliphatic rings. The van der Waals surface area contributed by atoms with E-state index in [4.69, 9.17) is 4.74 Å². The Kier molecular flexibility index (Phi) is 6.15. The summed E-state index contributed by atoms with van der Waals surface area (Å²) < 4.78 is 9.58. The van der Waals surface area contributed by atoms with Gasteiger partial charge in [0.15, 0.2) is 0 Å². The first-order valence-corrected chi connectivity index (χ1v) is 5.85. The molecule has 102 valence electrons. The molecule has 0 bridgehead atoms. The molecule has 1 unspecified atom stereocenters. The van der Waals surface area contributed by atoms with Gasteiger partial charge in [0, 0.05) is 0 Å². The predicted octanol–water partition coefficient (Wildman–Crippen LogP) is 2.03. The molecule has 0 heterocycles. The van der Waals surface area contributed by atoms with Crippen molar-refractivity contribution in [3.63, 3.8) is 0 Å². The van der Waals surface area contributed by atoms with Crippen molar-refractivity contribution in [2.24, 2.45) is 0 Å². The van der Waals surface area contributed by atoms with E-state index in [1.807, 2.05) is 30.3 Å². The number of carbonyl (C=O) groups excluding carboxylic acids is 2. The van der Waals surface area contributed by atoms with E-state index in [1.165, 1.54) is 13.2 Å². The lowest BCUT2D eigenvalue weighted by atomic mass is 10.2. The summed E-state index contributed by atoms with van der Waals surface area (Å²) in [5.41, 5.74) is 0.873. The minimum Gasteiger partial charge on any atom is -0.467 e. The van der Waals surface area contributed by atoms with Gasteiger partial charge in [0.05, 0.1) is 7.11 Å². The summed E-state index contributed by atoms with van der Waals surface area (Å²) in [5, 5.41) is 2.42. The fraction of sp³-hybridized carbons (Fsp3) is 0.286. The molecule has 0 aliphatic carbocycles. The van der Waals surface area contributed by atoms with Crippen LogP contribution < -0.4 is 5.32 Å². The number of allylic oxidation sites excluding steroid dienone is 1. The maximum absolute atomic E-state index is 11.5. The largest absolute Gasteiger partial charge is 0.467 e. The number of rotatable bonds is 5. The summed E-state index contributed by atoms with van der Waals surface area (Å²) in [6.07, 6.45) is 2.51. The van der Waals surface area contributed by atoms with E-state index in [2.05, 4.69) is 10.1 Å². The van der Waals surface area contributed by atoms with Crippen molar-refractivity contribution in [2.45, 2.75) is 19.6 Å². The molecule has 1 aromatic rings. The molecular weight excluding hydrogens is 246 g/mol. The maximum Gasteiger partial charge on any atom is 0.408 e. The molecule has 0 spiro atoms. The van der Waals surface area contributed by atoms with Gasteiger partial charge in [-0.1, -0.05) is 42.5 Å². The molecule has 1 amide bonds. The van der Waals surface area contributed by atoms with E-state index in [0.717, 1.165) is 5.56 Å². The van der Waals surface area contributed by atoms with Crippen molar-refractivity contribution in [1.29, 1.82) is 0 Å². The Bertz CT molecular complexity index is 442. The van der Waals surface area contributed by atoms with Crippen LogP contribution in [0.5, 0.6) is 0 Å². The lowest BCUT2D eigenvalue weighted by molar-refractivity contribution is -0.141. The zero-order valence-corrected chi connectivity index (χ0v) is 11.0. The van der Waals surface area contributed by atoms with Crippen LogP contribution in [0.2, 0.25) is 0 Å². The SMILES string of the molecule is C/C=C/C(NC(=O)OCc1ccccc1)C(=O)OC. The Morgan fingerprint density at radius 3 is 2.58 bits per heavy atom. The van der Waals surface area contributed by atoms with E-state index in [0.29, 0.717) is 0 Å². The smallest absolute Gasteiger partial charge is 0.408 e. The Morgan fingerprint density at radius 2 is 2.00 bits per heavy atom. The van der Waals surface area contributed by atoms with Gasteiger partial charge in [-0.25, -0.2) is 9.59 Å². The van der Waals surface area contributed by atoms with Crippen molar-refractivity contribution in [2.75, 3.05) is 7.11 Å². The van der Waals surface area contributed by atoms with Crippen LogP contribution in [0, 0.1) is 0 Å². The van der Waals surface area contributed by atoms with Gasteiger partial charge in [0.1, 0.15) is 12.6 Å². The minimum absolute atomic E-state index is 0.149. The van der Waals surface area contributed by atoms with Crippen LogP contribution in [0.1, 0.15) is 12.5 Å². The second-order valence-electron chi connectivity index (χ2n) is 3.73. The fourth-order valence-corrected chi connectivity index (χ4v) is 1.40. The molecule has 0 fully saturated rings. The Labute approximate surface area is 112 Å². The third kappa shape index (κ3) is 5.25. The molecule has 0 aliphatic heterocycles. The van der Waals surface area contributed by atoms with Crippen molar-refractivity contribution in [3.05, 3.63) is 48.0 Å². The Balaban J connectivity index is 2.47. The van der Waals surface area contributed by atoms with Gasteiger partial charge < -0.3 is 14.8 Å². The molecule has 1 N–H and O–H groups in total. The van der Waals surface area contributed by atoms with Gasteiger partial charge in [0.2, 0.25) is 0 Å². The van der Waals surface area contributed by atoms with Crippen LogP contribution in [0.3, 0.4) is 0 Å². The highest BCUT2D eigenvalue weighted by atomic mass is 16.6. The molecule has 19 heavy (non-hydrogen) atoms. The van der Waals surface area contributed by atoms with Crippen molar-refractivity contribution in [1.82, 2.24) is 5.32 Å². The molecule has 1 rings (SSSR count). The highest BCUT2D eigenvalue weighted by Crippen LogP contribution is 2.01. The quantitative estimate of drug-likeness (QED) is 0.652. The summed E-state index contributed by atoms with van der Waals surface area (Å²) in [4.78, 5) is 22.9. The van der Waals surface area contributed by atoms with Crippen LogP contribution in [0.25, 0.3) is 0 Å². The lowest BCUT2D eigenvalue weighted by Gasteiger charge is -2.12. The van der Waals surface area contributed by atoms with E-state index in [-0.39, 0.29) is 6.61 Å². The van der Waals surface area contributed by atoms with E-state index >= 15 is 0 Å². The Morgan fingerprint density at radius 1 is 1.32 bits per heavy atom. The number of esters is 1. The summed E-state index contributed by atoms with van der Waals surface area (Å²) in [6, 6.07) is 8.44. The molecule has 1 atom stereocenters. The third-order valence-corrected chi connectivity index (χ3v) is 2.33. The molecule has 0 aromatic heterocycles. The second kappa shape index (κ2) is 7.92. The average molecular weight is 263 g/mol. The fourth-order valence-electron chi connectivity index (χ4n) is 1.40. The summed E-state index contributed by atoms with van der Waals surface area (Å²) >= 11 is 0. The minimum atomic E-state index is -0.835. The number of methoxy groups -OCH3 is 1. The van der Waals surface area contributed by atoms with Gasteiger partial charge in [-0.15, -0.1) is 0 Å². The summed E-state index contributed by atoms with van der Waals surface area (Å²) in [6.45, 7) is 1.89. The number of ether oxygens (including phenoxy) is 2. The topological polar surface area (TPSA) is 64.6 Å². The molecule has 5 nitrogen and oxygen atoms in total. The number of benzene rings is 1. The molecule has 0 saturated heterocycles. The van der Waals surface area contributed by atoms with Gasteiger partial charge in [-0.2, -0.15) is 0 Å². The van der Waals surface area contributed by atoms with Gasteiger partial charge in [-0.05, 0) is 12.5 Å². The zero-order valence-electron chi connectivity index (χ0n) is 11.0. The van der Waals surface area contributed by atoms with Crippen LogP contribution >= 0.6 is 0 Å². The summed E-state index contributed by atoms with van der Waals surface area (Å²) in [5.74, 6) is -0.547. The number of hydrogen-bond donors (Lipinski definition) is 1. The van der Waals surface area contributed by atoms with Crippen LogP contribution in [0.15, 0.2) is 42.5 Å². The third-order valence-electron chi connectivity index (χ3n) is 2.33. The number of carbonyl (C=O) groups is 2. The first kappa shape index (κ1) is 14.8. The highest BCUT2D eigenvalue weighted by Gasteiger charge is 2.18.